The molecule has 0 saturated carbocycles. The van der Waals surface area contributed by atoms with Gasteiger partial charge in [-0.15, -0.1) is 0 Å². The van der Waals surface area contributed by atoms with Crippen molar-refractivity contribution >= 4 is 17.7 Å². The number of carbonyl (C=O) groups is 3. The van der Waals surface area contributed by atoms with Crippen LogP contribution in [0.2, 0.25) is 0 Å². The van der Waals surface area contributed by atoms with Crippen LogP contribution in [0.4, 0.5) is 0 Å². The minimum atomic E-state index is -0.694. The number of nitrogens with one attached hydrogen (secondary N) is 1. The maximum Gasteiger partial charge on any atom is 0.325 e. The van der Waals surface area contributed by atoms with Gasteiger partial charge in [0, 0.05) is 11.1 Å². The van der Waals surface area contributed by atoms with Crippen molar-refractivity contribution in [2.75, 3.05) is 26.4 Å². The van der Waals surface area contributed by atoms with Crippen molar-refractivity contribution < 1.29 is 28.6 Å². The SMILES string of the molecule is CCOc1ccc(C(=O)NCC(=O)OCC(=O)c2c(C)cc(C)cc2C)cc1OCC. The molecule has 1 N–H and O–H groups in total. The van der Waals surface area contributed by atoms with E-state index in [0.29, 0.717) is 35.8 Å². The van der Waals surface area contributed by atoms with Crippen LogP contribution < -0.4 is 14.8 Å². The van der Waals surface area contributed by atoms with E-state index in [1.165, 1.54) is 0 Å². The molecule has 0 heterocycles. The summed E-state index contributed by atoms with van der Waals surface area (Å²) in [6.45, 7) is 9.51. The zero-order valence-electron chi connectivity index (χ0n) is 18.7. The first-order chi connectivity index (χ1) is 14.8. The highest BCUT2D eigenvalue weighted by Crippen LogP contribution is 2.28. The van der Waals surface area contributed by atoms with E-state index in [0.717, 1.165) is 16.7 Å². The Labute approximate surface area is 182 Å². The van der Waals surface area contributed by atoms with E-state index in [4.69, 9.17) is 14.2 Å². The van der Waals surface area contributed by atoms with E-state index < -0.39 is 11.9 Å². The molecule has 0 aliphatic rings. The van der Waals surface area contributed by atoms with E-state index in [1.807, 2.05) is 46.8 Å². The first-order valence-electron chi connectivity index (χ1n) is 10.2. The van der Waals surface area contributed by atoms with Crippen molar-refractivity contribution in [1.82, 2.24) is 5.32 Å². The van der Waals surface area contributed by atoms with Crippen LogP contribution in [-0.2, 0) is 9.53 Å². The van der Waals surface area contributed by atoms with Crippen molar-refractivity contribution in [3.63, 3.8) is 0 Å². The molecule has 7 heteroatoms. The molecule has 2 rings (SSSR count). The fraction of sp³-hybridized carbons (Fsp3) is 0.375. The highest BCUT2D eigenvalue weighted by Gasteiger charge is 2.17. The van der Waals surface area contributed by atoms with E-state index in [1.54, 1.807) is 18.2 Å². The van der Waals surface area contributed by atoms with Crippen LogP contribution >= 0.6 is 0 Å². The number of amides is 1. The number of rotatable bonds is 10. The van der Waals surface area contributed by atoms with Crippen LogP contribution in [0.1, 0.15) is 51.3 Å². The van der Waals surface area contributed by atoms with E-state index in [-0.39, 0.29) is 18.9 Å². The average molecular weight is 427 g/mol. The van der Waals surface area contributed by atoms with Crippen LogP contribution in [0.25, 0.3) is 0 Å². The summed E-state index contributed by atoms with van der Waals surface area (Å²) in [5.74, 6) is -0.436. The van der Waals surface area contributed by atoms with Gasteiger partial charge in [0.25, 0.3) is 5.91 Å². The number of ketones is 1. The smallest absolute Gasteiger partial charge is 0.325 e. The van der Waals surface area contributed by atoms with E-state index >= 15 is 0 Å². The number of Topliss-reactive ketones (excluding diaryl/α,β-unsaturated/α-hetero) is 1. The second-order valence-electron chi connectivity index (χ2n) is 7.07. The van der Waals surface area contributed by atoms with Crippen LogP contribution in [0.5, 0.6) is 11.5 Å². The molecule has 0 aliphatic heterocycles. The number of esters is 1. The summed E-state index contributed by atoms with van der Waals surface area (Å²) >= 11 is 0. The molecule has 0 atom stereocenters. The molecule has 31 heavy (non-hydrogen) atoms. The molecule has 1 amide bonds. The Balaban J connectivity index is 1.92. The largest absolute Gasteiger partial charge is 0.490 e. The lowest BCUT2D eigenvalue weighted by atomic mass is 9.97. The molecule has 0 fully saturated rings. The maximum absolute atomic E-state index is 12.5. The van der Waals surface area contributed by atoms with Gasteiger partial charge in [-0.05, 0) is 63.9 Å². The van der Waals surface area contributed by atoms with Gasteiger partial charge in [0.1, 0.15) is 6.54 Å². The van der Waals surface area contributed by atoms with Gasteiger partial charge in [-0.2, -0.15) is 0 Å². The molecular formula is C24H29NO6. The monoisotopic (exact) mass is 427 g/mol. The molecule has 7 nitrogen and oxygen atoms in total. The van der Waals surface area contributed by atoms with Crippen molar-refractivity contribution in [2.24, 2.45) is 0 Å². The second kappa shape index (κ2) is 11.2. The van der Waals surface area contributed by atoms with Crippen molar-refractivity contribution in [3.8, 4) is 11.5 Å². The van der Waals surface area contributed by atoms with Crippen LogP contribution in [0.3, 0.4) is 0 Å². The van der Waals surface area contributed by atoms with Crippen LogP contribution in [-0.4, -0.2) is 44.0 Å². The summed E-state index contributed by atoms with van der Waals surface area (Å²) in [4.78, 5) is 36.8. The van der Waals surface area contributed by atoms with Gasteiger partial charge in [0.15, 0.2) is 18.1 Å². The Bertz CT molecular complexity index is 944. The summed E-state index contributed by atoms with van der Waals surface area (Å²) in [7, 11) is 0. The van der Waals surface area contributed by atoms with Gasteiger partial charge in [-0.3, -0.25) is 14.4 Å². The number of hydrogen-bond donors (Lipinski definition) is 1. The molecule has 2 aromatic rings. The molecule has 0 aliphatic carbocycles. The summed E-state index contributed by atoms with van der Waals surface area (Å²) < 4.78 is 16.0. The lowest BCUT2D eigenvalue weighted by Gasteiger charge is -2.13. The fourth-order valence-electron chi connectivity index (χ4n) is 3.34. The van der Waals surface area contributed by atoms with E-state index in [9.17, 15) is 14.4 Å². The summed E-state index contributed by atoms with van der Waals surface area (Å²) in [6.07, 6.45) is 0. The van der Waals surface area contributed by atoms with Gasteiger partial charge >= 0.3 is 5.97 Å². The topological polar surface area (TPSA) is 90.9 Å². The number of hydrogen-bond acceptors (Lipinski definition) is 6. The van der Waals surface area contributed by atoms with Gasteiger partial charge in [0.2, 0.25) is 5.78 Å². The fourth-order valence-corrected chi connectivity index (χ4v) is 3.34. The predicted octanol–water partition coefficient (Wildman–Crippen LogP) is 3.57. The van der Waals surface area contributed by atoms with Crippen LogP contribution in [0.15, 0.2) is 30.3 Å². The molecule has 0 aromatic heterocycles. The minimum absolute atomic E-state index is 0.275. The minimum Gasteiger partial charge on any atom is -0.490 e. The van der Waals surface area contributed by atoms with Crippen molar-refractivity contribution in [3.05, 3.63) is 58.1 Å². The third-order valence-corrected chi connectivity index (χ3v) is 4.52. The van der Waals surface area contributed by atoms with Gasteiger partial charge in [-0.1, -0.05) is 17.7 Å². The molecule has 0 unspecified atom stereocenters. The van der Waals surface area contributed by atoms with Crippen molar-refractivity contribution in [2.45, 2.75) is 34.6 Å². The predicted molar refractivity (Wildman–Crippen MR) is 117 cm³/mol. The third kappa shape index (κ3) is 6.57. The second-order valence-corrected chi connectivity index (χ2v) is 7.07. The van der Waals surface area contributed by atoms with Gasteiger partial charge < -0.3 is 19.5 Å². The molecule has 0 saturated heterocycles. The first-order valence-corrected chi connectivity index (χ1v) is 10.2. The lowest BCUT2D eigenvalue weighted by molar-refractivity contribution is -0.141. The van der Waals surface area contributed by atoms with E-state index in [2.05, 4.69) is 5.32 Å². The quantitative estimate of drug-likeness (QED) is 0.461. The number of benzene rings is 2. The van der Waals surface area contributed by atoms with Gasteiger partial charge in [-0.25, -0.2) is 0 Å². The highest BCUT2D eigenvalue weighted by molar-refractivity contribution is 6.01. The Morgan fingerprint density at radius 3 is 2.10 bits per heavy atom. The number of carbonyl (C=O) groups excluding carboxylic acids is 3. The molecule has 0 spiro atoms. The summed E-state index contributed by atoms with van der Waals surface area (Å²) in [5.41, 5.74) is 3.62. The van der Waals surface area contributed by atoms with Crippen molar-refractivity contribution in [1.29, 1.82) is 0 Å². The average Bonchev–Trinajstić information content (AvgIpc) is 2.71. The zero-order valence-corrected chi connectivity index (χ0v) is 18.7. The van der Waals surface area contributed by atoms with Gasteiger partial charge in [0.05, 0.1) is 13.2 Å². The maximum atomic E-state index is 12.5. The van der Waals surface area contributed by atoms with Crippen LogP contribution in [0, 0.1) is 20.8 Å². The Hall–Kier alpha value is -3.35. The normalized spacial score (nSPS) is 10.4. The highest BCUT2D eigenvalue weighted by atomic mass is 16.5. The zero-order chi connectivity index (χ0) is 23.0. The summed E-state index contributed by atoms with van der Waals surface area (Å²) in [6, 6.07) is 8.61. The Kier molecular flexibility index (Phi) is 8.61. The Morgan fingerprint density at radius 2 is 1.48 bits per heavy atom. The Morgan fingerprint density at radius 1 is 0.871 bits per heavy atom. The summed E-state index contributed by atoms with van der Waals surface area (Å²) in [5, 5.41) is 2.49. The third-order valence-electron chi connectivity index (χ3n) is 4.52. The standard InChI is InChI=1S/C24H29NO6/c1-6-29-20-9-8-18(12-21(20)30-7-2)24(28)25-13-22(27)31-14-19(26)23-16(4)10-15(3)11-17(23)5/h8-12H,6-7,13-14H2,1-5H3,(H,25,28). The lowest BCUT2D eigenvalue weighted by Crippen LogP contribution is -2.31. The molecule has 0 bridgehead atoms. The molecular weight excluding hydrogens is 398 g/mol. The number of ether oxygens (including phenoxy) is 3. The molecule has 2 aromatic carbocycles. The number of aryl methyl sites for hydroxylation is 3. The molecule has 0 radical (unpaired) electrons. The first kappa shape index (κ1) is 23.9. The molecule has 166 valence electrons.